The predicted octanol–water partition coefficient (Wildman–Crippen LogP) is 2.93. The van der Waals surface area contributed by atoms with Crippen LogP contribution in [0.3, 0.4) is 0 Å². The topological polar surface area (TPSA) is 63.5 Å². The van der Waals surface area contributed by atoms with Crippen molar-refractivity contribution in [2.75, 3.05) is 0 Å². The summed E-state index contributed by atoms with van der Waals surface area (Å²) in [5.41, 5.74) is 3.83. The number of nitrogens with zero attached hydrogens (tertiary/aromatic N) is 2. The van der Waals surface area contributed by atoms with Crippen LogP contribution >= 0.6 is 15.9 Å². The van der Waals surface area contributed by atoms with Crippen LogP contribution in [0.5, 0.6) is 0 Å². The van der Waals surface area contributed by atoms with Gasteiger partial charge in [-0.25, -0.2) is 5.43 Å². The van der Waals surface area contributed by atoms with Crippen LogP contribution < -0.4 is 11.0 Å². The van der Waals surface area contributed by atoms with E-state index < -0.39 is 0 Å². The van der Waals surface area contributed by atoms with Gasteiger partial charge in [0.25, 0.3) is 11.5 Å². The number of rotatable bonds is 3. The second-order valence-corrected chi connectivity index (χ2v) is 8.32. The van der Waals surface area contributed by atoms with E-state index in [4.69, 9.17) is 0 Å². The van der Waals surface area contributed by atoms with E-state index in [2.05, 4.69) is 47.2 Å². The van der Waals surface area contributed by atoms with E-state index in [0.29, 0.717) is 5.92 Å². The molecule has 0 aliphatic heterocycles. The monoisotopic (exact) mass is 379 g/mol. The van der Waals surface area contributed by atoms with Crippen molar-refractivity contribution in [1.82, 2.24) is 9.99 Å². The molecule has 2 bridgehead atoms. The first-order chi connectivity index (χ1) is 10.7. The Morgan fingerprint density at radius 1 is 1.43 bits per heavy atom. The minimum atomic E-state index is -0.276. The van der Waals surface area contributed by atoms with E-state index in [1.54, 1.807) is 12.3 Å². The maximum Gasteiger partial charge on any atom is 0.260 e. The van der Waals surface area contributed by atoms with Gasteiger partial charge in [-0.05, 0) is 52.6 Å². The number of amides is 1. The molecule has 0 saturated heterocycles. The lowest BCUT2D eigenvalue weighted by atomic mass is 9.70. The van der Waals surface area contributed by atoms with Crippen LogP contribution in [0.25, 0.3) is 0 Å². The Morgan fingerprint density at radius 2 is 2.17 bits per heavy atom. The van der Waals surface area contributed by atoms with Gasteiger partial charge >= 0.3 is 0 Å². The van der Waals surface area contributed by atoms with Crippen LogP contribution in [0.1, 0.15) is 40.0 Å². The van der Waals surface area contributed by atoms with Crippen LogP contribution in [-0.2, 0) is 11.3 Å². The van der Waals surface area contributed by atoms with Crippen molar-refractivity contribution in [3.8, 4) is 0 Å². The molecule has 1 aromatic heterocycles. The van der Waals surface area contributed by atoms with Gasteiger partial charge in [0.05, 0.1) is 0 Å². The lowest BCUT2D eigenvalue weighted by Gasteiger charge is -2.34. The number of pyridine rings is 1. The molecule has 1 heterocycles. The Balaban J connectivity index is 1.70. The Hall–Kier alpha value is -1.43. The summed E-state index contributed by atoms with van der Waals surface area (Å²) in [6, 6.07) is 3.10. The van der Waals surface area contributed by atoms with Gasteiger partial charge in [0.15, 0.2) is 0 Å². The smallest absolute Gasteiger partial charge is 0.260 e. The van der Waals surface area contributed by atoms with Crippen molar-refractivity contribution in [3.05, 3.63) is 33.2 Å². The highest BCUT2D eigenvalue weighted by Crippen LogP contribution is 2.63. The number of fused-ring (bicyclic) bond motifs is 2. The summed E-state index contributed by atoms with van der Waals surface area (Å²) in [6.45, 7) is 6.83. The molecule has 0 aromatic carbocycles. The highest BCUT2D eigenvalue weighted by Gasteiger charge is 2.59. The Kier molecular flexibility index (Phi) is 3.99. The first-order valence-electron chi connectivity index (χ1n) is 7.96. The molecule has 2 fully saturated rings. The van der Waals surface area contributed by atoms with Crippen molar-refractivity contribution < 1.29 is 4.79 Å². The average molecular weight is 380 g/mol. The fourth-order valence-electron chi connectivity index (χ4n) is 4.04. The van der Waals surface area contributed by atoms with Crippen molar-refractivity contribution >= 4 is 27.5 Å². The normalized spacial score (nSPS) is 29.9. The Bertz CT molecular complexity index is 738. The maximum atomic E-state index is 12.1. The molecule has 2 atom stereocenters. The summed E-state index contributed by atoms with van der Waals surface area (Å²) in [6.07, 6.45) is 4.94. The quantitative estimate of drug-likeness (QED) is 0.820. The lowest BCUT2D eigenvalue weighted by Crippen LogP contribution is -2.35. The third-order valence-electron chi connectivity index (χ3n) is 6.09. The summed E-state index contributed by atoms with van der Waals surface area (Å²) >= 11 is 3.30. The standard InChI is InChI=1S/C17H22BrN3O2/c1-16(2)11-6-7-17(16,3)13(8-11)19-20-14(22)10-21-9-12(18)4-5-15(21)23/h4-5,9,11H,6-8,10H2,1-3H3,(H,20,22)/t11-,17+/m0/s1. The van der Waals surface area contributed by atoms with E-state index >= 15 is 0 Å². The summed E-state index contributed by atoms with van der Waals surface area (Å²) in [7, 11) is 0. The van der Waals surface area contributed by atoms with Crippen molar-refractivity contribution in [2.45, 2.75) is 46.6 Å². The molecule has 5 nitrogen and oxygen atoms in total. The first-order valence-corrected chi connectivity index (χ1v) is 8.75. The second-order valence-electron chi connectivity index (χ2n) is 7.40. The van der Waals surface area contributed by atoms with E-state index in [0.717, 1.165) is 23.0 Å². The lowest BCUT2D eigenvalue weighted by molar-refractivity contribution is -0.121. The number of hydrogen-bond donors (Lipinski definition) is 1. The number of halogens is 1. The zero-order valence-electron chi connectivity index (χ0n) is 13.7. The second kappa shape index (κ2) is 5.58. The molecule has 124 valence electrons. The molecule has 0 spiro atoms. The molecule has 1 aromatic rings. The van der Waals surface area contributed by atoms with E-state index in [1.807, 2.05) is 0 Å². The van der Waals surface area contributed by atoms with Crippen LogP contribution in [0, 0.1) is 16.7 Å². The van der Waals surface area contributed by atoms with Gasteiger partial charge < -0.3 is 4.57 Å². The molecule has 3 rings (SSSR count). The van der Waals surface area contributed by atoms with E-state index in [1.165, 1.54) is 17.1 Å². The highest BCUT2D eigenvalue weighted by atomic mass is 79.9. The molecule has 1 amide bonds. The number of hydrogen-bond acceptors (Lipinski definition) is 3. The molecule has 2 saturated carbocycles. The minimum Gasteiger partial charge on any atom is -0.305 e. The third kappa shape index (κ3) is 2.67. The van der Waals surface area contributed by atoms with Gasteiger partial charge in [0.2, 0.25) is 0 Å². The summed E-state index contributed by atoms with van der Waals surface area (Å²) in [5.74, 6) is 0.373. The van der Waals surface area contributed by atoms with Crippen LogP contribution in [0.2, 0.25) is 0 Å². The van der Waals surface area contributed by atoms with Crippen molar-refractivity contribution in [1.29, 1.82) is 0 Å². The molecular formula is C17H22BrN3O2. The molecule has 0 radical (unpaired) electrons. The fraction of sp³-hybridized carbons (Fsp3) is 0.588. The van der Waals surface area contributed by atoms with Crippen molar-refractivity contribution in [3.63, 3.8) is 0 Å². The number of nitrogens with one attached hydrogen (secondary N) is 1. The largest absolute Gasteiger partial charge is 0.305 e. The molecule has 23 heavy (non-hydrogen) atoms. The van der Waals surface area contributed by atoms with Gasteiger partial charge in [-0.2, -0.15) is 5.10 Å². The van der Waals surface area contributed by atoms with Crippen LogP contribution in [0.15, 0.2) is 32.7 Å². The molecule has 6 heteroatoms. The molecule has 1 N–H and O–H groups in total. The minimum absolute atomic E-state index is 0.0292. The van der Waals surface area contributed by atoms with Gasteiger partial charge in [-0.1, -0.05) is 20.8 Å². The van der Waals surface area contributed by atoms with Crippen LogP contribution in [-0.4, -0.2) is 16.2 Å². The Morgan fingerprint density at radius 3 is 2.78 bits per heavy atom. The van der Waals surface area contributed by atoms with E-state index in [9.17, 15) is 9.59 Å². The highest BCUT2D eigenvalue weighted by molar-refractivity contribution is 9.10. The Labute approximate surface area is 144 Å². The number of hydrazone groups is 1. The van der Waals surface area contributed by atoms with Crippen LogP contribution in [0.4, 0.5) is 0 Å². The SMILES string of the molecule is CC1(C)[C@H]2CC[C@]1(C)C(=NNC(=O)Cn1cc(Br)ccc1=O)C2. The average Bonchev–Trinajstić information content (AvgIpc) is 2.82. The third-order valence-corrected chi connectivity index (χ3v) is 6.56. The zero-order chi connectivity index (χ0) is 16.8. The number of carbonyl (C=O) groups is 1. The molecule has 2 aliphatic rings. The van der Waals surface area contributed by atoms with Gasteiger partial charge in [-0.3, -0.25) is 9.59 Å². The molecule has 2 aliphatic carbocycles. The van der Waals surface area contributed by atoms with Gasteiger partial charge in [0, 0.05) is 27.9 Å². The fourth-order valence-corrected chi connectivity index (χ4v) is 4.42. The van der Waals surface area contributed by atoms with Gasteiger partial charge in [-0.15, -0.1) is 0 Å². The number of aromatic nitrogens is 1. The summed E-state index contributed by atoms with van der Waals surface area (Å²) in [5, 5.41) is 4.41. The maximum absolute atomic E-state index is 12.1. The summed E-state index contributed by atoms with van der Waals surface area (Å²) in [4.78, 5) is 23.8. The first kappa shape index (κ1) is 16.4. The van der Waals surface area contributed by atoms with Crippen molar-refractivity contribution in [2.24, 2.45) is 21.8 Å². The number of carbonyl (C=O) groups excluding carboxylic acids is 1. The van der Waals surface area contributed by atoms with E-state index in [-0.39, 0.29) is 28.8 Å². The zero-order valence-corrected chi connectivity index (χ0v) is 15.3. The molecule has 0 unspecified atom stereocenters. The molecular weight excluding hydrogens is 358 g/mol. The van der Waals surface area contributed by atoms with Gasteiger partial charge in [0.1, 0.15) is 6.54 Å². The predicted molar refractivity (Wildman–Crippen MR) is 93.2 cm³/mol. The summed E-state index contributed by atoms with van der Waals surface area (Å²) < 4.78 is 2.13.